The second-order valence-corrected chi connectivity index (χ2v) is 5.83. The molecule has 0 saturated heterocycles. The number of anilines is 1. The van der Waals surface area contributed by atoms with E-state index in [1.165, 1.54) is 12.5 Å². The molecule has 0 aliphatic rings. The fourth-order valence-corrected chi connectivity index (χ4v) is 3.13. The Bertz CT molecular complexity index is 814. The lowest BCUT2D eigenvalue weighted by atomic mass is 10.1. The number of esters is 2. The van der Waals surface area contributed by atoms with Crippen molar-refractivity contribution in [3.63, 3.8) is 0 Å². The molecule has 0 radical (unpaired) electrons. The summed E-state index contributed by atoms with van der Waals surface area (Å²) < 4.78 is 15.1. The molecular formula is C18H19NO6S. The van der Waals surface area contributed by atoms with Crippen molar-refractivity contribution in [3.05, 3.63) is 46.3 Å². The first-order chi connectivity index (χ1) is 12.5. The number of carbonyl (C=O) groups excluding carboxylic acids is 3. The molecule has 0 atom stereocenters. The maximum atomic E-state index is 12.6. The second-order valence-electron chi connectivity index (χ2n) is 4.95. The van der Waals surface area contributed by atoms with E-state index in [-0.39, 0.29) is 29.3 Å². The van der Waals surface area contributed by atoms with Gasteiger partial charge in [0.05, 0.1) is 31.5 Å². The van der Waals surface area contributed by atoms with Crippen LogP contribution in [-0.4, -0.2) is 38.2 Å². The molecule has 7 nitrogen and oxygen atoms in total. The van der Waals surface area contributed by atoms with Crippen LogP contribution in [0.25, 0.3) is 0 Å². The van der Waals surface area contributed by atoms with Crippen molar-refractivity contribution >= 4 is 34.2 Å². The first-order valence-corrected chi connectivity index (χ1v) is 8.81. The van der Waals surface area contributed by atoms with Gasteiger partial charge in [0.25, 0.3) is 5.91 Å². The molecule has 2 rings (SSSR count). The van der Waals surface area contributed by atoms with Gasteiger partial charge in [0, 0.05) is 5.38 Å². The highest BCUT2D eigenvalue weighted by Crippen LogP contribution is 2.31. The third kappa shape index (κ3) is 4.20. The van der Waals surface area contributed by atoms with Crippen LogP contribution < -0.4 is 10.1 Å². The third-order valence-electron chi connectivity index (χ3n) is 3.34. The first kappa shape index (κ1) is 19.5. The Labute approximate surface area is 154 Å². The number of ether oxygens (including phenoxy) is 3. The van der Waals surface area contributed by atoms with Crippen LogP contribution in [-0.2, 0) is 9.47 Å². The Hall–Kier alpha value is -2.87. The zero-order chi connectivity index (χ0) is 19.1. The number of carbonyl (C=O) groups is 3. The molecule has 0 aliphatic heterocycles. The zero-order valence-corrected chi connectivity index (χ0v) is 15.5. The Morgan fingerprint density at radius 1 is 1.00 bits per heavy atom. The van der Waals surface area contributed by atoms with E-state index in [0.717, 1.165) is 11.3 Å². The van der Waals surface area contributed by atoms with Crippen molar-refractivity contribution in [2.24, 2.45) is 0 Å². The summed E-state index contributed by atoms with van der Waals surface area (Å²) in [5.41, 5.74) is 0.347. The van der Waals surface area contributed by atoms with E-state index in [4.69, 9.17) is 14.2 Å². The summed E-state index contributed by atoms with van der Waals surface area (Å²) in [6.07, 6.45) is 0. The van der Waals surface area contributed by atoms with Crippen molar-refractivity contribution in [1.82, 2.24) is 0 Å². The second kappa shape index (κ2) is 9.00. The summed E-state index contributed by atoms with van der Waals surface area (Å²) in [5.74, 6) is -1.42. The first-order valence-electron chi connectivity index (χ1n) is 7.93. The summed E-state index contributed by atoms with van der Waals surface area (Å²) in [6, 6.07) is 6.68. The summed E-state index contributed by atoms with van der Waals surface area (Å²) in [6.45, 7) is 3.62. The summed E-state index contributed by atoms with van der Waals surface area (Å²) in [7, 11) is 1.46. The molecule has 1 aromatic heterocycles. The van der Waals surface area contributed by atoms with Gasteiger partial charge in [-0.15, -0.1) is 11.3 Å². The van der Waals surface area contributed by atoms with Crippen LogP contribution in [0, 0.1) is 0 Å². The van der Waals surface area contributed by atoms with Crippen LogP contribution >= 0.6 is 11.3 Å². The highest BCUT2D eigenvalue weighted by molar-refractivity contribution is 7.15. The molecule has 1 aromatic carbocycles. The molecule has 0 saturated carbocycles. The van der Waals surface area contributed by atoms with Gasteiger partial charge in [-0.1, -0.05) is 12.1 Å². The van der Waals surface area contributed by atoms with E-state index in [0.29, 0.717) is 11.3 Å². The molecular weight excluding hydrogens is 358 g/mol. The topological polar surface area (TPSA) is 90.9 Å². The maximum absolute atomic E-state index is 12.6. The van der Waals surface area contributed by atoms with E-state index in [2.05, 4.69) is 5.32 Å². The van der Waals surface area contributed by atoms with Gasteiger partial charge in [-0.05, 0) is 26.0 Å². The quantitative estimate of drug-likeness (QED) is 0.744. The highest BCUT2D eigenvalue weighted by atomic mass is 32.1. The lowest BCUT2D eigenvalue weighted by Gasteiger charge is -2.10. The monoisotopic (exact) mass is 377 g/mol. The lowest BCUT2D eigenvalue weighted by Crippen LogP contribution is -2.17. The Morgan fingerprint density at radius 2 is 1.65 bits per heavy atom. The predicted molar refractivity (Wildman–Crippen MR) is 97.2 cm³/mol. The summed E-state index contributed by atoms with van der Waals surface area (Å²) in [4.78, 5) is 37.0. The Kier molecular flexibility index (Phi) is 6.74. The van der Waals surface area contributed by atoms with Crippen molar-refractivity contribution in [3.8, 4) is 5.75 Å². The fourth-order valence-electron chi connectivity index (χ4n) is 2.22. The van der Waals surface area contributed by atoms with E-state index in [1.54, 1.807) is 38.1 Å². The number of benzene rings is 1. The number of hydrogen-bond acceptors (Lipinski definition) is 7. The fraction of sp³-hybridized carbons (Fsp3) is 0.278. The largest absolute Gasteiger partial charge is 0.496 e. The molecule has 0 bridgehead atoms. The minimum atomic E-state index is -0.702. The zero-order valence-electron chi connectivity index (χ0n) is 14.7. The molecule has 2 aromatic rings. The van der Waals surface area contributed by atoms with Crippen molar-refractivity contribution in [1.29, 1.82) is 0 Å². The van der Waals surface area contributed by atoms with E-state index in [1.807, 2.05) is 0 Å². The van der Waals surface area contributed by atoms with Gasteiger partial charge in [0.2, 0.25) is 0 Å². The van der Waals surface area contributed by atoms with Crippen LogP contribution in [0.2, 0.25) is 0 Å². The molecule has 0 unspecified atom stereocenters. The SMILES string of the molecule is CCOC(=O)c1csc(NC(=O)c2ccccc2OC)c1C(=O)OCC. The molecule has 26 heavy (non-hydrogen) atoms. The number of amides is 1. The molecule has 138 valence electrons. The lowest BCUT2D eigenvalue weighted by molar-refractivity contribution is 0.0481. The standard InChI is InChI=1S/C18H19NO6S/c1-4-24-17(21)12-10-26-16(14(12)18(22)25-5-2)19-15(20)11-8-6-7-9-13(11)23-3/h6-10H,4-5H2,1-3H3,(H,19,20). The average molecular weight is 377 g/mol. The van der Waals surface area contributed by atoms with Gasteiger partial charge in [0.1, 0.15) is 16.3 Å². The van der Waals surface area contributed by atoms with E-state index in [9.17, 15) is 14.4 Å². The smallest absolute Gasteiger partial charge is 0.342 e. The van der Waals surface area contributed by atoms with Gasteiger partial charge in [-0.2, -0.15) is 0 Å². The number of nitrogens with one attached hydrogen (secondary N) is 1. The number of rotatable bonds is 7. The molecule has 0 aliphatic carbocycles. The van der Waals surface area contributed by atoms with Gasteiger partial charge in [0.15, 0.2) is 0 Å². The Morgan fingerprint density at radius 3 is 2.31 bits per heavy atom. The number of thiophene rings is 1. The van der Waals surface area contributed by atoms with E-state index >= 15 is 0 Å². The molecule has 0 fully saturated rings. The molecule has 1 amide bonds. The minimum Gasteiger partial charge on any atom is -0.496 e. The summed E-state index contributed by atoms with van der Waals surface area (Å²) >= 11 is 1.05. The van der Waals surface area contributed by atoms with E-state index < -0.39 is 17.8 Å². The minimum absolute atomic E-state index is 0.0152. The van der Waals surface area contributed by atoms with Crippen molar-refractivity contribution in [2.75, 3.05) is 25.6 Å². The normalized spacial score (nSPS) is 10.1. The molecule has 1 N–H and O–H groups in total. The van der Waals surface area contributed by atoms with Crippen molar-refractivity contribution in [2.45, 2.75) is 13.8 Å². The third-order valence-corrected chi connectivity index (χ3v) is 4.24. The van der Waals surface area contributed by atoms with Gasteiger partial charge >= 0.3 is 11.9 Å². The Balaban J connectivity index is 2.38. The van der Waals surface area contributed by atoms with Crippen LogP contribution in [0.5, 0.6) is 5.75 Å². The van der Waals surface area contributed by atoms with Crippen LogP contribution in [0.4, 0.5) is 5.00 Å². The van der Waals surface area contributed by atoms with Crippen molar-refractivity contribution < 1.29 is 28.6 Å². The predicted octanol–water partition coefficient (Wildman–Crippen LogP) is 3.36. The number of hydrogen-bond donors (Lipinski definition) is 1. The van der Waals surface area contributed by atoms with Crippen LogP contribution in [0.3, 0.4) is 0 Å². The molecule has 0 spiro atoms. The van der Waals surface area contributed by atoms with Gasteiger partial charge < -0.3 is 19.5 Å². The summed E-state index contributed by atoms with van der Waals surface area (Å²) in [5, 5.41) is 4.32. The highest BCUT2D eigenvalue weighted by Gasteiger charge is 2.27. The molecule has 8 heteroatoms. The average Bonchev–Trinajstić information content (AvgIpc) is 3.05. The van der Waals surface area contributed by atoms with Crippen LogP contribution in [0.15, 0.2) is 29.6 Å². The van der Waals surface area contributed by atoms with Gasteiger partial charge in [-0.25, -0.2) is 9.59 Å². The maximum Gasteiger partial charge on any atom is 0.342 e. The number of para-hydroxylation sites is 1. The molecule has 1 heterocycles. The van der Waals surface area contributed by atoms with Gasteiger partial charge in [-0.3, -0.25) is 4.79 Å². The van der Waals surface area contributed by atoms with Crippen LogP contribution in [0.1, 0.15) is 44.9 Å². The number of methoxy groups -OCH3 is 1.